The van der Waals surface area contributed by atoms with Crippen molar-refractivity contribution in [3.8, 4) is 0 Å². The molecule has 1 nitrogen and oxygen atoms in total. The summed E-state index contributed by atoms with van der Waals surface area (Å²) in [5.41, 5.74) is 2.57. The van der Waals surface area contributed by atoms with Crippen LogP contribution in [0.3, 0.4) is 0 Å². The second kappa shape index (κ2) is 4.83. The van der Waals surface area contributed by atoms with Crippen molar-refractivity contribution in [2.75, 3.05) is 13.1 Å². The highest BCUT2D eigenvalue weighted by Crippen LogP contribution is 2.58. The topological polar surface area (TPSA) is 3.01 Å². The first-order valence-corrected chi connectivity index (χ1v) is 9.26. The molecule has 2 fully saturated rings. The lowest BCUT2D eigenvalue weighted by Crippen LogP contribution is -2.45. The fourth-order valence-corrected chi connectivity index (χ4v) is 6.58. The minimum absolute atomic E-state index is 0.359. The first-order valence-electron chi connectivity index (χ1n) is 9.26. The molecular formula is C20H36N+. The molecule has 1 heteroatoms. The Labute approximate surface area is 132 Å². The van der Waals surface area contributed by atoms with Gasteiger partial charge >= 0.3 is 0 Å². The van der Waals surface area contributed by atoms with Gasteiger partial charge < -0.3 is 0 Å². The van der Waals surface area contributed by atoms with Crippen LogP contribution in [0.5, 0.6) is 0 Å². The molecule has 2 aliphatic carbocycles. The molecule has 0 amide bonds. The fourth-order valence-electron chi connectivity index (χ4n) is 6.58. The van der Waals surface area contributed by atoms with E-state index in [0.29, 0.717) is 16.7 Å². The van der Waals surface area contributed by atoms with Crippen LogP contribution in [-0.4, -0.2) is 23.4 Å². The molecule has 3 rings (SSSR count). The average molecular weight is 291 g/mol. The molecular weight excluding hydrogens is 254 g/mol. The number of fused-ring (bicyclic) bond motifs is 5. The van der Waals surface area contributed by atoms with E-state index in [0.717, 1.165) is 23.7 Å². The third kappa shape index (κ3) is 2.39. The van der Waals surface area contributed by atoms with Crippen molar-refractivity contribution in [2.45, 2.75) is 67.7 Å². The SMILES string of the molecule is CC[N+]1=C(C(C(C)(C)C)C(C)(C)C)[C@H]2[C@@H]3CC[C@@H](C3)[C@H]2C1. The van der Waals surface area contributed by atoms with Gasteiger partial charge in [0, 0.05) is 11.8 Å². The zero-order valence-corrected chi connectivity index (χ0v) is 15.4. The molecule has 21 heavy (non-hydrogen) atoms. The van der Waals surface area contributed by atoms with Crippen LogP contribution in [0.2, 0.25) is 0 Å². The van der Waals surface area contributed by atoms with Crippen LogP contribution < -0.4 is 0 Å². The van der Waals surface area contributed by atoms with Crippen LogP contribution in [0, 0.1) is 40.4 Å². The molecule has 3 aliphatic rings. The normalized spacial score (nSPS) is 36.0. The molecule has 2 saturated carbocycles. The number of hydrogen-bond donors (Lipinski definition) is 0. The van der Waals surface area contributed by atoms with Gasteiger partial charge in [-0.05, 0) is 48.9 Å². The van der Waals surface area contributed by atoms with Crippen LogP contribution >= 0.6 is 0 Å². The van der Waals surface area contributed by atoms with Crippen LogP contribution in [-0.2, 0) is 0 Å². The summed E-state index contributed by atoms with van der Waals surface area (Å²) in [6.45, 7) is 19.7. The van der Waals surface area contributed by atoms with Gasteiger partial charge in [0.2, 0.25) is 0 Å². The van der Waals surface area contributed by atoms with Crippen molar-refractivity contribution < 1.29 is 4.58 Å². The zero-order chi connectivity index (χ0) is 15.6. The molecule has 4 atom stereocenters. The van der Waals surface area contributed by atoms with Crippen molar-refractivity contribution in [3.63, 3.8) is 0 Å². The highest BCUT2D eigenvalue weighted by Gasteiger charge is 2.60. The van der Waals surface area contributed by atoms with E-state index >= 15 is 0 Å². The Bertz CT molecular complexity index is 431. The third-order valence-corrected chi connectivity index (χ3v) is 6.64. The lowest BCUT2D eigenvalue weighted by Gasteiger charge is -2.41. The van der Waals surface area contributed by atoms with Crippen LogP contribution in [0.1, 0.15) is 67.7 Å². The molecule has 1 heterocycles. The maximum absolute atomic E-state index is 2.79. The fraction of sp³-hybridized carbons (Fsp3) is 0.950. The molecule has 2 bridgehead atoms. The number of rotatable bonds is 2. The summed E-state index contributed by atoms with van der Waals surface area (Å²) in [6.07, 6.45) is 4.57. The lowest BCUT2D eigenvalue weighted by atomic mass is 9.60. The van der Waals surface area contributed by atoms with Gasteiger partial charge in [0.05, 0.1) is 5.92 Å². The molecule has 0 radical (unpaired) electrons. The smallest absolute Gasteiger partial charge is 0.160 e. The van der Waals surface area contributed by atoms with Crippen molar-refractivity contribution >= 4 is 5.71 Å². The van der Waals surface area contributed by atoms with Crippen molar-refractivity contribution in [2.24, 2.45) is 40.4 Å². The highest BCUT2D eigenvalue weighted by molar-refractivity contribution is 5.88. The molecule has 0 N–H and O–H groups in total. The van der Waals surface area contributed by atoms with Crippen molar-refractivity contribution in [1.29, 1.82) is 0 Å². The molecule has 0 saturated heterocycles. The summed E-state index contributed by atoms with van der Waals surface area (Å²) >= 11 is 0. The third-order valence-electron chi connectivity index (χ3n) is 6.64. The highest BCUT2D eigenvalue weighted by atomic mass is 15.1. The van der Waals surface area contributed by atoms with Gasteiger partial charge in [0.1, 0.15) is 13.1 Å². The van der Waals surface area contributed by atoms with E-state index in [1.807, 2.05) is 5.71 Å². The molecule has 0 unspecified atom stereocenters. The molecule has 0 aromatic carbocycles. The summed E-state index contributed by atoms with van der Waals surface area (Å²) in [7, 11) is 0. The Balaban J connectivity index is 2.04. The van der Waals surface area contributed by atoms with Gasteiger partial charge in [0.25, 0.3) is 0 Å². The van der Waals surface area contributed by atoms with Crippen molar-refractivity contribution in [3.05, 3.63) is 0 Å². The summed E-state index contributed by atoms with van der Waals surface area (Å²) < 4.78 is 2.79. The number of nitrogens with zero attached hydrogens (tertiary/aromatic N) is 1. The van der Waals surface area contributed by atoms with Gasteiger partial charge in [-0.2, -0.15) is 0 Å². The first kappa shape index (κ1) is 15.6. The average Bonchev–Trinajstić information content (AvgIpc) is 2.96. The minimum atomic E-state index is 0.359. The number of hydrogen-bond acceptors (Lipinski definition) is 0. The maximum Gasteiger partial charge on any atom is 0.160 e. The Hall–Kier alpha value is -0.330. The molecule has 120 valence electrons. The second-order valence-corrected chi connectivity index (χ2v) is 10.2. The van der Waals surface area contributed by atoms with Crippen LogP contribution in [0.25, 0.3) is 0 Å². The van der Waals surface area contributed by atoms with E-state index in [9.17, 15) is 0 Å². The van der Waals surface area contributed by atoms with Gasteiger partial charge in [-0.25, -0.2) is 4.58 Å². The summed E-state index contributed by atoms with van der Waals surface area (Å²) in [4.78, 5) is 0. The minimum Gasteiger partial charge on any atom is -0.236 e. The Morgan fingerprint density at radius 3 is 2.10 bits per heavy atom. The van der Waals surface area contributed by atoms with E-state index in [2.05, 4.69) is 53.0 Å². The van der Waals surface area contributed by atoms with E-state index in [1.54, 1.807) is 0 Å². The maximum atomic E-state index is 2.79. The van der Waals surface area contributed by atoms with Gasteiger partial charge in [-0.15, -0.1) is 0 Å². The summed E-state index contributed by atoms with van der Waals surface area (Å²) in [5.74, 6) is 4.68. The molecule has 0 aromatic rings. The second-order valence-electron chi connectivity index (χ2n) is 10.2. The Morgan fingerprint density at radius 2 is 1.57 bits per heavy atom. The molecule has 0 aromatic heterocycles. The predicted octanol–water partition coefficient (Wildman–Crippen LogP) is 4.84. The van der Waals surface area contributed by atoms with Gasteiger partial charge in [-0.1, -0.05) is 41.5 Å². The van der Waals surface area contributed by atoms with E-state index in [4.69, 9.17) is 0 Å². The zero-order valence-electron chi connectivity index (χ0n) is 15.4. The quantitative estimate of drug-likeness (QED) is 0.640. The van der Waals surface area contributed by atoms with E-state index < -0.39 is 0 Å². The Morgan fingerprint density at radius 1 is 1.00 bits per heavy atom. The van der Waals surface area contributed by atoms with E-state index in [1.165, 1.54) is 32.4 Å². The summed E-state index contributed by atoms with van der Waals surface area (Å²) in [5, 5.41) is 0. The Kier molecular flexibility index (Phi) is 3.58. The molecule has 0 spiro atoms. The lowest BCUT2D eigenvalue weighted by molar-refractivity contribution is -0.525. The van der Waals surface area contributed by atoms with Gasteiger partial charge in [-0.3, -0.25) is 0 Å². The summed E-state index contributed by atoms with van der Waals surface area (Å²) in [6, 6.07) is 0. The van der Waals surface area contributed by atoms with Crippen LogP contribution in [0.4, 0.5) is 0 Å². The molecule has 1 aliphatic heterocycles. The van der Waals surface area contributed by atoms with Crippen LogP contribution in [0.15, 0.2) is 0 Å². The largest absolute Gasteiger partial charge is 0.236 e. The first-order chi connectivity index (χ1) is 9.64. The predicted molar refractivity (Wildman–Crippen MR) is 90.9 cm³/mol. The van der Waals surface area contributed by atoms with Gasteiger partial charge in [0.15, 0.2) is 5.71 Å². The monoisotopic (exact) mass is 290 g/mol. The van der Waals surface area contributed by atoms with Crippen molar-refractivity contribution in [1.82, 2.24) is 0 Å². The standard InChI is InChI=1S/C20H36N/c1-8-21-12-15-13-9-10-14(11-13)16(15)17(21)18(19(2,3)4)20(5,6)7/h13-16,18H,8-12H2,1-7H3/q+1/t13-,14+,15+,16-/m0/s1. The van der Waals surface area contributed by atoms with E-state index in [-0.39, 0.29) is 0 Å².